The van der Waals surface area contributed by atoms with Gasteiger partial charge in [-0.3, -0.25) is 9.59 Å². The van der Waals surface area contributed by atoms with Gasteiger partial charge in [0, 0.05) is 17.3 Å². The Bertz CT molecular complexity index is 651. The molecule has 0 saturated carbocycles. The lowest BCUT2D eigenvalue weighted by Gasteiger charge is -2.11. The quantitative estimate of drug-likeness (QED) is 0.731. The van der Waals surface area contributed by atoms with Gasteiger partial charge in [0.15, 0.2) is 0 Å². The Balaban J connectivity index is 1.88. The molecule has 0 unspecified atom stereocenters. The fraction of sp³-hybridized carbons (Fsp3) is 0.294. The molecule has 2 amide bonds. The zero-order chi connectivity index (χ0) is 16.7. The standard InChI is InChI=1S/C17H21N3O3/c1-12(2)20-16(21)11-18-14-6-3-5-13(9-14)17(22)19-10-15-7-4-8-23-15/h3-9,12,18H,10-11H2,1-2H3,(H,19,22)(H,20,21). The van der Waals surface area contributed by atoms with Crippen LogP contribution in [0.3, 0.4) is 0 Å². The van der Waals surface area contributed by atoms with E-state index in [4.69, 9.17) is 4.42 Å². The van der Waals surface area contributed by atoms with Crippen molar-refractivity contribution in [3.05, 3.63) is 54.0 Å². The Morgan fingerprint density at radius 3 is 2.70 bits per heavy atom. The monoisotopic (exact) mass is 315 g/mol. The summed E-state index contributed by atoms with van der Waals surface area (Å²) in [5, 5.41) is 8.58. The zero-order valence-corrected chi connectivity index (χ0v) is 13.3. The molecule has 0 spiro atoms. The molecular formula is C17H21N3O3. The lowest BCUT2D eigenvalue weighted by atomic mass is 10.2. The fourth-order valence-electron chi connectivity index (χ4n) is 2.01. The number of carbonyl (C=O) groups is 2. The molecule has 0 radical (unpaired) electrons. The van der Waals surface area contributed by atoms with Crippen LogP contribution in [-0.4, -0.2) is 24.4 Å². The second-order valence-corrected chi connectivity index (χ2v) is 5.42. The highest BCUT2D eigenvalue weighted by atomic mass is 16.3. The number of carbonyl (C=O) groups excluding carboxylic acids is 2. The first-order valence-corrected chi connectivity index (χ1v) is 7.48. The van der Waals surface area contributed by atoms with E-state index in [1.54, 1.807) is 36.6 Å². The minimum absolute atomic E-state index is 0.0901. The highest BCUT2D eigenvalue weighted by molar-refractivity contribution is 5.95. The number of hydrogen-bond acceptors (Lipinski definition) is 4. The Hall–Kier alpha value is -2.76. The summed E-state index contributed by atoms with van der Waals surface area (Å²) in [7, 11) is 0. The maximum Gasteiger partial charge on any atom is 0.251 e. The van der Waals surface area contributed by atoms with Crippen molar-refractivity contribution in [1.82, 2.24) is 10.6 Å². The molecule has 0 aliphatic heterocycles. The van der Waals surface area contributed by atoms with Crippen molar-refractivity contribution in [2.45, 2.75) is 26.4 Å². The smallest absolute Gasteiger partial charge is 0.251 e. The van der Waals surface area contributed by atoms with Crippen molar-refractivity contribution in [2.75, 3.05) is 11.9 Å². The summed E-state index contributed by atoms with van der Waals surface area (Å²) in [5.41, 5.74) is 1.24. The molecule has 0 fully saturated rings. The van der Waals surface area contributed by atoms with Crippen LogP contribution in [0.1, 0.15) is 30.0 Å². The molecule has 2 aromatic rings. The van der Waals surface area contributed by atoms with Gasteiger partial charge < -0.3 is 20.4 Å². The van der Waals surface area contributed by atoms with Crippen molar-refractivity contribution in [2.24, 2.45) is 0 Å². The van der Waals surface area contributed by atoms with Crippen LogP contribution < -0.4 is 16.0 Å². The maximum atomic E-state index is 12.1. The van der Waals surface area contributed by atoms with Crippen LogP contribution in [0.15, 0.2) is 47.1 Å². The SMILES string of the molecule is CC(C)NC(=O)CNc1cccc(C(=O)NCc2ccco2)c1. The molecular weight excluding hydrogens is 294 g/mol. The van der Waals surface area contributed by atoms with E-state index in [2.05, 4.69) is 16.0 Å². The lowest BCUT2D eigenvalue weighted by molar-refractivity contribution is -0.119. The zero-order valence-electron chi connectivity index (χ0n) is 13.3. The van der Waals surface area contributed by atoms with Crippen LogP contribution >= 0.6 is 0 Å². The molecule has 6 nitrogen and oxygen atoms in total. The van der Waals surface area contributed by atoms with Crippen molar-refractivity contribution in [3.8, 4) is 0 Å². The summed E-state index contributed by atoms with van der Waals surface area (Å²) in [4.78, 5) is 23.7. The summed E-state index contributed by atoms with van der Waals surface area (Å²) in [6.07, 6.45) is 1.56. The van der Waals surface area contributed by atoms with Crippen molar-refractivity contribution >= 4 is 17.5 Å². The predicted molar refractivity (Wildman–Crippen MR) is 88.1 cm³/mol. The van der Waals surface area contributed by atoms with Gasteiger partial charge in [-0.15, -0.1) is 0 Å². The minimum atomic E-state index is -0.198. The average molecular weight is 315 g/mol. The Morgan fingerprint density at radius 1 is 1.17 bits per heavy atom. The van der Waals surface area contributed by atoms with Crippen LogP contribution in [0.4, 0.5) is 5.69 Å². The second-order valence-electron chi connectivity index (χ2n) is 5.42. The van der Waals surface area contributed by atoms with Crippen molar-refractivity contribution < 1.29 is 14.0 Å². The van der Waals surface area contributed by atoms with Gasteiger partial charge in [0.2, 0.25) is 5.91 Å². The first-order chi connectivity index (χ1) is 11.0. The predicted octanol–water partition coefficient (Wildman–Crippen LogP) is 2.15. The number of rotatable bonds is 7. The summed E-state index contributed by atoms with van der Waals surface area (Å²) < 4.78 is 5.17. The van der Waals surface area contributed by atoms with Crippen LogP contribution in [0.2, 0.25) is 0 Å². The van der Waals surface area contributed by atoms with Gasteiger partial charge >= 0.3 is 0 Å². The molecule has 122 valence electrons. The van der Waals surface area contributed by atoms with E-state index in [1.807, 2.05) is 19.9 Å². The number of benzene rings is 1. The molecule has 0 aliphatic rings. The van der Waals surface area contributed by atoms with Gasteiger partial charge in [0.25, 0.3) is 5.91 Å². The van der Waals surface area contributed by atoms with E-state index in [0.717, 1.165) is 5.69 Å². The van der Waals surface area contributed by atoms with Crippen molar-refractivity contribution in [1.29, 1.82) is 0 Å². The van der Waals surface area contributed by atoms with Gasteiger partial charge in [-0.1, -0.05) is 6.07 Å². The van der Waals surface area contributed by atoms with Crippen LogP contribution in [0.25, 0.3) is 0 Å². The van der Waals surface area contributed by atoms with E-state index in [1.165, 1.54) is 0 Å². The summed E-state index contributed by atoms with van der Waals surface area (Å²) in [6.45, 7) is 4.31. The third-order valence-electron chi connectivity index (χ3n) is 3.03. The summed E-state index contributed by atoms with van der Waals surface area (Å²) >= 11 is 0. The second kappa shape index (κ2) is 8.03. The van der Waals surface area contributed by atoms with Crippen molar-refractivity contribution in [3.63, 3.8) is 0 Å². The molecule has 1 heterocycles. The topological polar surface area (TPSA) is 83.4 Å². The lowest BCUT2D eigenvalue weighted by Crippen LogP contribution is -2.34. The fourth-order valence-corrected chi connectivity index (χ4v) is 2.01. The number of anilines is 1. The Morgan fingerprint density at radius 2 is 2.00 bits per heavy atom. The third kappa shape index (κ3) is 5.50. The van der Waals surface area contributed by atoms with E-state index in [-0.39, 0.29) is 24.4 Å². The molecule has 0 aliphatic carbocycles. The van der Waals surface area contributed by atoms with Gasteiger partial charge in [0.05, 0.1) is 19.4 Å². The maximum absolute atomic E-state index is 12.1. The number of furan rings is 1. The van der Waals surface area contributed by atoms with Crippen LogP contribution in [0.5, 0.6) is 0 Å². The molecule has 6 heteroatoms. The average Bonchev–Trinajstić information content (AvgIpc) is 3.03. The van der Waals surface area contributed by atoms with E-state index in [0.29, 0.717) is 17.9 Å². The van der Waals surface area contributed by atoms with Gasteiger partial charge in [0.1, 0.15) is 5.76 Å². The first-order valence-electron chi connectivity index (χ1n) is 7.48. The molecule has 0 bridgehead atoms. The van der Waals surface area contributed by atoms with E-state index < -0.39 is 0 Å². The Labute approximate surface area is 135 Å². The normalized spacial score (nSPS) is 10.4. The minimum Gasteiger partial charge on any atom is -0.467 e. The highest BCUT2D eigenvalue weighted by Crippen LogP contribution is 2.10. The van der Waals surface area contributed by atoms with Gasteiger partial charge in [-0.25, -0.2) is 0 Å². The number of amides is 2. The largest absolute Gasteiger partial charge is 0.467 e. The van der Waals surface area contributed by atoms with Gasteiger partial charge in [-0.05, 0) is 44.2 Å². The molecule has 0 saturated heterocycles. The summed E-state index contributed by atoms with van der Waals surface area (Å²) in [5.74, 6) is 0.405. The number of hydrogen-bond donors (Lipinski definition) is 3. The van der Waals surface area contributed by atoms with E-state index >= 15 is 0 Å². The molecule has 1 aromatic heterocycles. The van der Waals surface area contributed by atoms with Crippen LogP contribution in [0, 0.1) is 0 Å². The molecule has 0 atom stereocenters. The van der Waals surface area contributed by atoms with E-state index in [9.17, 15) is 9.59 Å². The highest BCUT2D eigenvalue weighted by Gasteiger charge is 2.08. The molecule has 2 rings (SSSR count). The van der Waals surface area contributed by atoms with Crippen LogP contribution in [-0.2, 0) is 11.3 Å². The Kier molecular flexibility index (Phi) is 5.80. The third-order valence-corrected chi connectivity index (χ3v) is 3.03. The molecule has 3 N–H and O–H groups in total. The number of nitrogens with one attached hydrogen (secondary N) is 3. The summed E-state index contributed by atoms with van der Waals surface area (Å²) in [6, 6.07) is 10.7. The molecule has 1 aromatic carbocycles. The van der Waals surface area contributed by atoms with Gasteiger partial charge in [-0.2, -0.15) is 0 Å². The first kappa shape index (κ1) is 16.6. The molecule has 23 heavy (non-hydrogen) atoms.